The number of hydrogen-bond acceptors (Lipinski definition) is 11. The lowest BCUT2D eigenvalue weighted by Gasteiger charge is -2.24. The normalized spacial score (nSPS) is 14.9. The Morgan fingerprint density at radius 3 is 1.73 bits per heavy atom. The summed E-state index contributed by atoms with van der Waals surface area (Å²) in [5, 5.41) is 19.5. The summed E-state index contributed by atoms with van der Waals surface area (Å²) in [6.07, 6.45) is 8.27. The fourth-order valence-corrected chi connectivity index (χ4v) is 6.77. The Labute approximate surface area is 262 Å². The molecule has 0 saturated heterocycles. The van der Waals surface area contributed by atoms with Crippen molar-refractivity contribution in [1.29, 1.82) is 0 Å². The monoisotopic (exact) mass is 662 g/mol. The molecule has 0 atom stereocenters. The van der Waals surface area contributed by atoms with Crippen LogP contribution < -0.4 is 5.32 Å². The molecule has 0 spiro atoms. The van der Waals surface area contributed by atoms with E-state index in [0.29, 0.717) is 24.3 Å². The van der Waals surface area contributed by atoms with Crippen molar-refractivity contribution in [3.05, 3.63) is 59.7 Å². The number of fused-ring (bicyclic) bond motifs is 2. The summed E-state index contributed by atoms with van der Waals surface area (Å²) in [5.74, 6) is 0. The van der Waals surface area contributed by atoms with Crippen LogP contribution in [-0.4, -0.2) is 71.4 Å². The number of amides is 1. The third kappa shape index (κ3) is 6.67. The van der Waals surface area contributed by atoms with Gasteiger partial charge in [-0.25, -0.2) is 4.79 Å². The van der Waals surface area contributed by atoms with Gasteiger partial charge in [0.1, 0.15) is 15.4 Å². The van der Waals surface area contributed by atoms with Gasteiger partial charge < -0.3 is 10.1 Å². The summed E-state index contributed by atoms with van der Waals surface area (Å²) < 4.78 is 60.8. The number of ether oxygens (including phenoxy) is 1. The molecule has 0 unspecified atom stereocenters. The number of rotatable bonds is 6. The van der Waals surface area contributed by atoms with E-state index in [9.17, 15) is 21.6 Å². The SMILES string of the molecule is CC(C)n1cc(S(=O)(=O)n2cc3c(n2)CN(C(=O)OC(C)(C)C)C3)cn1.CC(C)n1cc(S(=O)(=O)n2cc3c(n2)CNC3)cn1. The van der Waals surface area contributed by atoms with E-state index in [2.05, 4.69) is 25.7 Å². The van der Waals surface area contributed by atoms with Gasteiger partial charge in [-0.3, -0.25) is 14.3 Å². The fraction of sp³-hybridized carbons (Fsp3) is 0.519. The highest BCUT2D eigenvalue weighted by Crippen LogP contribution is 2.26. The molecule has 1 N–H and O–H groups in total. The van der Waals surface area contributed by atoms with Crippen LogP contribution in [-0.2, 0) is 51.0 Å². The molecule has 4 aromatic heterocycles. The molecule has 45 heavy (non-hydrogen) atoms. The van der Waals surface area contributed by atoms with Gasteiger partial charge in [0.15, 0.2) is 0 Å². The Kier molecular flexibility index (Phi) is 8.43. The Hall–Kier alpha value is -4.03. The van der Waals surface area contributed by atoms with Crippen molar-refractivity contribution in [2.75, 3.05) is 0 Å². The Morgan fingerprint density at radius 1 is 0.778 bits per heavy atom. The quantitative estimate of drug-likeness (QED) is 0.321. The first-order valence-electron chi connectivity index (χ1n) is 14.4. The summed E-state index contributed by atoms with van der Waals surface area (Å²) in [7, 11) is -7.44. The minimum Gasteiger partial charge on any atom is -0.444 e. The predicted octanol–water partition coefficient (Wildman–Crippen LogP) is 2.65. The molecule has 0 aromatic carbocycles. The smallest absolute Gasteiger partial charge is 0.410 e. The molecule has 0 fully saturated rings. The van der Waals surface area contributed by atoms with Gasteiger partial charge in [-0.2, -0.15) is 45.4 Å². The van der Waals surface area contributed by atoms with Gasteiger partial charge in [-0.15, -0.1) is 0 Å². The topological polar surface area (TPSA) is 181 Å². The summed E-state index contributed by atoms with van der Waals surface area (Å²) in [5.41, 5.74) is 2.38. The van der Waals surface area contributed by atoms with Crippen LogP contribution in [0.4, 0.5) is 4.79 Å². The van der Waals surface area contributed by atoms with Crippen LogP contribution in [0, 0.1) is 0 Å². The van der Waals surface area contributed by atoms with E-state index in [1.54, 1.807) is 36.3 Å². The number of aromatic nitrogens is 8. The summed E-state index contributed by atoms with van der Waals surface area (Å²) in [6.45, 7) is 14.9. The zero-order valence-electron chi connectivity index (χ0n) is 26.2. The molecular formula is C27H38N10O6S2. The van der Waals surface area contributed by atoms with Crippen molar-refractivity contribution in [2.45, 2.75) is 102 Å². The first-order valence-corrected chi connectivity index (χ1v) is 17.3. The van der Waals surface area contributed by atoms with Crippen LogP contribution in [0.2, 0.25) is 0 Å². The zero-order chi connectivity index (χ0) is 32.9. The number of carbonyl (C=O) groups excluding carboxylic acids is 1. The molecule has 6 rings (SSSR count). The van der Waals surface area contributed by atoms with Gasteiger partial charge in [0.05, 0.1) is 36.9 Å². The molecule has 18 heteroatoms. The van der Waals surface area contributed by atoms with Gasteiger partial charge >= 0.3 is 6.09 Å². The molecule has 0 radical (unpaired) electrons. The van der Waals surface area contributed by atoms with Crippen molar-refractivity contribution in [1.82, 2.24) is 48.1 Å². The number of carbonyl (C=O) groups is 1. The molecule has 1 amide bonds. The second-order valence-electron chi connectivity index (χ2n) is 12.4. The van der Waals surface area contributed by atoms with E-state index < -0.39 is 31.7 Å². The van der Waals surface area contributed by atoms with Gasteiger partial charge in [0.2, 0.25) is 0 Å². The van der Waals surface area contributed by atoms with Crippen molar-refractivity contribution in [3.8, 4) is 0 Å². The van der Waals surface area contributed by atoms with Crippen molar-refractivity contribution in [3.63, 3.8) is 0 Å². The number of nitrogens with one attached hydrogen (secondary N) is 1. The second-order valence-corrected chi connectivity index (χ2v) is 16.0. The van der Waals surface area contributed by atoms with Crippen LogP contribution >= 0.6 is 0 Å². The Morgan fingerprint density at radius 2 is 1.29 bits per heavy atom. The first-order chi connectivity index (χ1) is 21.0. The summed E-state index contributed by atoms with van der Waals surface area (Å²) in [6, 6.07) is 0.180. The zero-order valence-corrected chi connectivity index (χ0v) is 27.9. The molecule has 0 aliphatic carbocycles. The highest BCUT2D eigenvalue weighted by molar-refractivity contribution is 7.90. The lowest BCUT2D eigenvalue weighted by atomic mass is 10.2. The van der Waals surface area contributed by atoms with Crippen LogP contribution in [0.15, 0.2) is 47.0 Å². The lowest BCUT2D eigenvalue weighted by Crippen LogP contribution is -2.33. The maximum atomic E-state index is 12.7. The second kappa shape index (κ2) is 11.7. The van der Waals surface area contributed by atoms with Crippen LogP contribution in [0.25, 0.3) is 0 Å². The molecule has 244 valence electrons. The molecule has 4 aromatic rings. The molecule has 0 bridgehead atoms. The maximum Gasteiger partial charge on any atom is 0.410 e. The van der Waals surface area contributed by atoms with Gasteiger partial charge in [-0.05, 0) is 48.5 Å². The molecule has 2 aliphatic heterocycles. The van der Waals surface area contributed by atoms with Crippen molar-refractivity contribution < 1.29 is 26.4 Å². The highest BCUT2D eigenvalue weighted by atomic mass is 32.2. The van der Waals surface area contributed by atoms with Crippen molar-refractivity contribution >= 4 is 26.1 Å². The Balaban J connectivity index is 0.000000186. The van der Waals surface area contributed by atoms with Gasteiger partial charge in [0, 0.05) is 61.1 Å². The maximum absolute atomic E-state index is 12.7. The molecular weight excluding hydrogens is 624 g/mol. The first kappa shape index (κ1) is 32.4. The summed E-state index contributed by atoms with van der Waals surface area (Å²) in [4.78, 5) is 13.9. The van der Waals surface area contributed by atoms with Gasteiger partial charge in [-0.1, -0.05) is 0 Å². The third-order valence-electron chi connectivity index (χ3n) is 6.98. The molecule has 2 aliphatic rings. The highest BCUT2D eigenvalue weighted by Gasteiger charge is 2.32. The minimum absolute atomic E-state index is 0.0592. The average molecular weight is 663 g/mol. The van der Waals surface area contributed by atoms with E-state index in [1.807, 2.05) is 27.7 Å². The van der Waals surface area contributed by atoms with E-state index in [-0.39, 0.29) is 35.0 Å². The standard InChI is InChI=1S/C16H23N5O4S.C11H15N5O2S/c1-11(2)20-9-13(6-17-20)26(23,24)21-8-12-7-19(10-14(12)18-21)15(22)25-16(3,4)5;1-8(2)15-7-10(4-13-15)19(17,18)16-6-9-3-12-5-11(9)14-16/h6,8-9,11H,7,10H2,1-5H3;4,6-8,12H,3,5H2,1-2H3. The predicted molar refractivity (Wildman–Crippen MR) is 161 cm³/mol. The average Bonchev–Trinajstić information content (AvgIpc) is 3.76. The van der Waals surface area contributed by atoms with E-state index in [0.717, 1.165) is 19.4 Å². The fourth-order valence-electron chi connectivity index (χ4n) is 4.55. The van der Waals surface area contributed by atoms with Crippen LogP contribution in [0.3, 0.4) is 0 Å². The largest absolute Gasteiger partial charge is 0.444 e. The van der Waals surface area contributed by atoms with Gasteiger partial charge in [0.25, 0.3) is 20.0 Å². The van der Waals surface area contributed by atoms with Crippen molar-refractivity contribution in [2.24, 2.45) is 0 Å². The molecule has 0 saturated carbocycles. The van der Waals surface area contributed by atoms with E-state index >= 15 is 0 Å². The Bertz CT molecular complexity index is 1880. The number of nitrogens with zero attached hydrogens (tertiary/aromatic N) is 9. The number of hydrogen-bond donors (Lipinski definition) is 1. The molecule has 6 heterocycles. The van der Waals surface area contributed by atoms with E-state index in [1.165, 1.54) is 35.9 Å². The lowest BCUT2D eigenvalue weighted by molar-refractivity contribution is 0.0239. The minimum atomic E-state index is -3.81. The van der Waals surface area contributed by atoms with E-state index in [4.69, 9.17) is 4.74 Å². The van der Waals surface area contributed by atoms with Crippen LogP contribution in [0.5, 0.6) is 0 Å². The third-order valence-corrected chi connectivity index (χ3v) is 9.95. The van der Waals surface area contributed by atoms with Crippen LogP contribution in [0.1, 0.15) is 83.1 Å². The molecule has 16 nitrogen and oxygen atoms in total. The summed E-state index contributed by atoms with van der Waals surface area (Å²) >= 11 is 0.